The van der Waals surface area contributed by atoms with Gasteiger partial charge in [0.05, 0.1) is 0 Å². The zero-order valence-corrected chi connectivity index (χ0v) is 9.32. The molecular weight excluding hydrogens is 187 g/mol. The molecule has 0 N–H and O–H groups in total. The fourth-order valence-electron chi connectivity index (χ4n) is 0. The topological polar surface area (TPSA) is 0 Å². The van der Waals surface area contributed by atoms with Gasteiger partial charge in [0.2, 0.25) is 0 Å². The van der Waals surface area contributed by atoms with Crippen molar-refractivity contribution < 1.29 is 27.7 Å². The van der Waals surface area contributed by atoms with Crippen LogP contribution in [0.5, 0.6) is 0 Å². The summed E-state index contributed by atoms with van der Waals surface area (Å²) in [5, 5.41) is 0. The van der Waals surface area contributed by atoms with Crippen LogP contribution < -0.4 is 24.8 Å². The summed E-state index contributed by atoms with van der Waals surface area (Å²) in [7, 11) is 0. The molecule has 0 rings (SSSR count). The normalized spacial score (nSPS) is 0. The third kappa shape index (κ3) is 18.7. The third-order valence-electron chi connectivity index (χ3n) is 0. The number of hydrogen-bond acceptors (Lipinski definition) is 0. The average molecular weight is 190 g/mol. The van der Waals surface area contributed by atoms with E-state index in [4.69, 9.17) is 0 Å². The van der Waals surface area contributed by atoms with Crippen molar-refractivity contribution in [2.24, 2.45) is 0 Å². The molecule has 0 heterocycles. The molecule has 0 atom stereocenters. The van der Waals surface area contributed by atoms with Crippen molar-refractivity contribution in [3.05, 3.63) is 0 Å². The maximum absolute atomic E-state index is 0. The maximum Gasteiger partial charge on any atom is 2.00 e. The second-order valence-electron chi connectivity index (χ2n) is 0. The van der Waals surface area contributed by atoms with Crippen molar-refractivity contribution in [2.75, 3.05) is 0 Å². The van der Waals surface area contributed by atoms with E-state index in [1.807, 2.05) is 0 Å². The Bertz CT molecular complexity index is 10.9. The van der Waals surface area contributed by atoms with Crippen molar-refractivity contribution in [1.29, 1.82) is 0 Å². The van der Waals surface area contributed by atoms with Crippen LogP contribution in [-0.2, 0) is 0 Å². The maximum atomic E-state index is 0. The van der Waals surface area contributed by atoms with Crippen molar-refractivity contribution in [1.82, 2.24) is 0 Å². The molecule has 0 radical (unpaired) electrons. The zero-order valence-electron chi connectivity index (χ0n) is 4.58. The van der Waals surface area contributed by atoms with Crippen LogP contribution in [0.1, 0.15) is 2.85 Å². The summed E-state index contributed by atoms with van der Waals surface area (Å²) < 4.78 is 0. The van der Waals surface area contributed by atoms with Gasteiger partial charge in [-0.25, -0.2) is 0 Å². The van der Waals surface area contributed by atoms with Gasteiger partial charge in [-0.05, 0) is 0 Å². The summed E-state index contributed by atoms with van der Waals surface area (Å²) in [6.07, 6.45) is 0. The van der Waals surface area contributed by atoms with Gasteiger partial charge in [0.1, 0.15) is 0 Å². The average Bonchev–Trinajstić information content (AvgIpc) is 0. The molecule has 0 aromatic carbocycles. The van der Waals surface area contributed by atoms with E-state index < -0.39 is 0 Å². The summed E-state index contributed by atoms with van der Waals surface area (Å²) in [6, 6.07) is 0. The molecule has 0 spiro atoms. The van der Waals surface area contributed by atoms with Crippen LogP contribution in [-0.4, -0.2) is 75.5 Å². The Kier molecular flexibility index (Phi) is 209. The van der Waals surface area contributed by atoms with Gasteiger partial charge in [0.25, 0.3) is 0 Å². The van der Waals surface area contributed by atoms with Crippen LogP contribution in [0.15, 0.2) is 0 Å². The van der Waals surface area contributed by atoms with E-state index in [0.29, 0.717) is 0 Å². The second-order valence-corrected chi connectivity index (χ2v) is 0. The minimum absolute atomic E-state index is 0. The second kappa shape index (κ2) is 26.3. The molecule has 0 fully saturated rings. The van der Waals surface area contributed by atoms with E-state index in [-0.39, 0.29) is 116 Å². The van der Waals surface area contributed by atoms with Crippen molar-refractivity contribution >= 4 is 87.9 Å². The Balaban J connectivity index is 0. The molecule has 0 aromatic heterocycles. The fourth-order valence-corrected chi connectivity index (χ4v) is 0. The first-order valence-corrected chi connectivity index (χ1v) is 0. The Labute approximate surface area is 113 Å². The van der Waals surface area contributed by atoms with Crippen LogP contribution in [0.3, 0.4) is 0 Å². The number of hydrogen-bond donors (Lipinski definition) is 0. The van der Waals surface area contributed by atoms with Gasteiger partial charge in [-0.3, -0.25) is 0 Å². The number of rotatable bonds is 0. The molecule has 0 aliphatic rings. The molecule has 0 nitrogen and oxygen atoms in total. The molecule has 0 amide bonds. The van der Waals surface area contributed by atoms with E-state index in [9.17, 15) is 0 Å². The number of halogens is 3. The molecule has 28 valence electrons. The van der Waals surface area contributed by atoms with E-state index in [1.54, 1.807) is 0 Å². The Morgan fingerprint density at radius 1 is 0.800 bits per heavy atom. The van der Waals surface area contributed by atoms with Gasteiger partial charge in [-0.1, -0.05) is 0 Å². The van der Waals surface area contributed by atoms with Gasteiger partial charge in [-0.15, -0.1) is 12.4 Å². The molecule has 0 aromatic rings. The van der Waals surface area contributed by atoms with Crippen molar-refractivity contribution in [3.63, 3.8) is 0 Å². The van der Waals surface area contributed by atoms with E-state index in [2.05, 4.69) is 0 Å². The van der Waals surface area contributed by atoms with E-state index in [0.717, 1.165) is 0 Å². The summed E-state index contributed by atoms with van der Waals surface area (Å²) in [5.74, 6) is 0. The molecule has 0 aliphatic heterocycles. The predicted octanol–water partition coefficient (Wildman–Crippen LogP) is -6.11. The molecular formula is H3Ca2Cl3. The quantitative estimate of drug-likeness (QED) is 0.333. The molecule has 0 aliphatic carbocycles. The molecule has 5 heteroatoms. The largest absolute Gasteiger partial charge is 2.00 e. The van der Waals surface area contributed by atoms with Crippen LogP contribution in [0.25, 0.3) is 0 Å². The van der Waals surface area contributed by atoms with Gasteiger partial charge in [0.15, 0.2) is 0 Å². The van der Waals surface area contributed by atoms with Crippen molar-refractivity contribution in [2.45, 2.75) is 0 Å². The van der Waals surface area contributed by atoms with Crippen LogP contribution in [0, 0.1) is 0 Å². The van der Waals surface area contributed by atoms with Crippen LogP contribution in [0.4, 0.5) is 0 Å². The summed E-state index contributed by atoms with van der Waals surface area (Å²) >= 11 is 0. The zero-order chi connectivity index (χ0) is 0. The molecule has 0 saturated heterocycles. The van der Waals surface area contributed by atoms with Gasteiger partial charge in [-0.2, -0.15) is 0 Å². The summed E-state index contributed by atoms with van der Waals surface area (Å²) in [6.45, 7) is 0. The summed E-state index contributed by atoms with van der Waals surface area (Å²) in [4.78, 5) is 0. The minimum Gasteiger partial charge on any atom is -1.00 e. The standard InChI is InChI=1S/2Ca.3ClH.2H/h;;3*1H;;/q2*+2;;;;2*-1/p-2. The van der Waals surface area contributed by atoms with Crippen LogP contribution in [0.2, 0.25) is 0 Å². The fraction of sp³-hybridized carbons (Fsp3) is 0. The smallest absolute Gasteiger partial charge is 1.00 e. The molecule has 5 heavy (non-hydrogen) atoms. The van der Waals surface area contributed by atoms with Gasteiger partial charge < -0.3 is 27.7 Å². The Morgan fingerprint density at radius 2 is 0.800 bits per heavy atom. The van der Waals surface area contributed by atoms with E-state index >= 15 is 0 Å². The molecule has 0 bridgehead atoms. The van der Waals surface area contributed by atoms with Crippen molar-refractivity contribution in [3.8, 4) is 0 Å². The van der Waals surface area contributed by atoms with Gasteiger partial charge >= 0.3 is 75.5 Å². The Hall–Kier alpha value is 3.39. The summed E-state index contributed by atoms with van der Waals surface area (Å²) in [5.41, 5.74) is 0. The monoisotopic (exact) mass is 188 g/mol. The molecule has 0 saturated carbocycles. The Morgan fingerprint density at radius 3 is 0.800 bits per heavy atom. The van der Waals surface area contributed by atoms with E-state index in [1.165, 1.54) is 0 Å². The molecule has 0 unspecified atom stereocenters. The van der Waals surface area contributed by atoms with Gasteiger partial charge in [0, 0.05) is 0 Å². The first-order valence-electron chi connectivity index (χ1n) is 0. The first kappa shape index (κ1) is 39.9. The van der Waals surface area contributed by atoms with Crippen LogP contribution >= 0.6 is 12.4 Å². The first-order chi connectivity index (χ1) is 0. The third-order valence-corrected chi connectivity index (χ3v) is 0. The predicted molar refractivity (Wildman–Crippen MR) is 21.0 cm³/mol. The SMILES string of the molecule is Cl.[Ca+2].[Ca+2].[Cl-].[Cl-].[H-].[H-]. The minimum atomic E-state index is 0.